The summed E-state index contributed by atoms with van der Waals surface area (Å²) in [4.78, 5) is 27.5. The van der Waals surface area contributed by atoms with Gasteiger partial charge in [-0.1, -0.05) is 17.7 Å². The van der Waals surface area contributed by atoms with Crippen LogP contribution in [-0.4, -0.2) is 76.5 Å². The van der Waals surface area contributed by atoms with E-state index in [9.17, 15) is 14.7 Å². The quantitative estimate of drug-likeness (QED) is 0.203. The molecule has 7 nitrogen and oxygen atoms in total. The van der Waals surface area contributed by atoms with Gasteiger partial charge in [-0.2, -0.15) is 0 Å². The molecule has 10 heteroatoms. The highest BCUT2D eigenvalue weighted by Crippen LogP contribution is 2.41. The zero-order chi connectivity index (χ0) is 28.4. The summed E-state index contributed by atoms with van der Waals surface area (Å²) in [6.07, 6.45) is 4.55. The van der Waals surface area contributed by atoms with Crippen LogP contribution in [-0.2, 0) is 22.4 Å². The van der Waals surface area contributed by atoms with E-state index in [-0.39, 0.29) is 62.5 Å². The third kappa shape index (κ3) is 9.73. The van der Waals surface area contributed by atoms with E-state index in [0.29, 0.717) is 11.3 Å². The summed E-state index contributed by atoms with van der Waals surface area (Å²) < 4.78 is 5.27. The number of alkyl halides is 1. The summed E-state index contributed by atoms with van der Waals surface area (Å²) in [6, 6.07) is 9.74. The fourth-order valence-corrected chi connectivity index (χ4v) is 7.17. The van der Waals surface area contributed by atoms with E-state index in [4.69, 9.17) is 38.2 Å². The van der Waals surface area contributed by atoms with Gasteiger partial charge in [0, 0.05) is 28.4 Å². The normalized spacial score (nSPS) is 20.8. The van der Waals surface area contributed by atoms with Gasteiger partial charge in [0.1, 0.15) is 11.5 Å². The van der Waals surface area contributed by atoms with Crippen LogP contribution < -0.4 is 0 Å². The van der Waals surface area contributed by atoms with Gasteiger partial charge in [0.05, 0.1) is 25.7 Å². The first kappa shape index (κ1) is 31.8. The van der Waals surface area contributed by atoms with Gasteiger partial charge in [0.15, 0.2) is 0 Å². The predicted octanol–water partition coefficient (Wildman–Crippen LogP) is 4.63. The molecule has 1 saturated carbocycles. The second-order valence-corrected chi connectivity index (χ2v) is 12.4. The number of hydrogen-bond donors (Lipinski definition) is 3. The first-order valence-electron chi connectivity index (χ1n) is 13.5. The minimum absolute atomic E-state index is 0.00507. The van der Waals surface area contributed by atoms with Crippen LogP contribution in [0, 0.1) is 18.8 Å². The molecule has 216 valence electrons. The van der Waals surface area contributed by atoms with Crippen LogP contribution in [0.15, 0.2) is 30.3 Å². The Morgan fingerprint density at radius 1 is 1.08 bits per heavy atom. The van der Waals surface area contributed by atoms with Crippen molar-refractivity contribution < 1.29 is 29.6 Å². The van der Waals surface area contributed by atoms with Crippen LogP contribution in [0.25, 0.3) is 0 Å². The number of thiophene rings is 1. The van der Waals surface area contributed by atoms with Crippen LogP contribution in [0.2, 0.25) is 5.02 Å². The Labute approximate surface area is 244 Å². The second-order valence-electron chi connectivity index (χ2n) is 10.2. The third-order valence-electron chi connectivity index (χ3n) is 7.31. The lowest BCUT2D eigenvalue weighted by atomic mass is 9.85. The molecule has 0 spiro atoms. The predicted molar refractivity (Wildman–Crippen MR) is 155 cm³/mol. The number of hydrogen-bond acceptors (Lipinski definition) is 7. The van der Waals surface area contributed by atoms with Crippen molar-refractivity contribution in [1.82, 2.24) is 4.90 Å². The van der Waals surface area contributed by atoms with Gasteiger partial charge >= 0.3 is 5.97 Å². The molecular formula is C29H39Cl2NO6S. The van der Waals surface area contributed by atoms with Crippen molar-refractivity contribution in [2.75, 3.05) is 32.9 Å². The maximum Gasteiger partial charge on any atom is 0.348 e. The fourth-order valence-electron chi connectivity index (χ4n) is 5.42. The molecule has 0 saturated heterocycles. The lowest BCUT2D eigenvalue weighted by Gasteiger charge is -2.23. The number of benzene rings is 1. The van der Waals surface area contributed by atoms with Gasteiger partial charge in [0.25, 0.3) is 0 Å². The maximum atomic E-state index is 12.4. The molecule has 2 aromatic rings. The Balaban J connectivity index is 1.44. The third-order valence-corrected chi connectivity index (χ3v) is 9.15. The molecule has 1 heterocycles. The summed E-state index contributed by atoms with van der Waals surface area (Å²) >= 11 is 14.3. The second kappa shape index (κ2) is 15.9. The topological polar surface area (TPSA) is 107 Å². The van der Waals surface area contributed by atoms with E-state index in [1.807, 2.05) is 25.1 Å². The van der Waals surface area contributed by atoms with Gasteiger partial charge in [-0.05, 0) is 92.7 Å². The number of halogens is 2. The average molecular weight is 601 g/mol. The highest BCUT2D eigenvalue weighted by Gasteiger charge is 2.40. The van der Waals surface area contributed by atoms with Crippen molar-refractivity contribution in [3.63, 3.8) is 0 Å². The number of aliphatic hydroxyl groups excluding tert-OH is 3. The van der Waals surface area contributed by atoms with Crippen molar-refractivity contribution in [2.24, 2.45) is 11.8 Å². The molecule has 0 radical (unpaired) electrons. The molecule has 0 aliphatic heterocycles. The molecule has 4 atom stereocenters. The zero-order valence-electron chi connectivity index (χ0n) is 22.4. The van der Waals surface area contributed by atoms with Crippen molar-refractivity contribution in [2.45, 2.75) is 63.4 Å². The molecule has 1 aromatic carbocycles. The molecule has 39 heavy (non-hydrogen) atoms. The number of ether oxygens (including phenoxy) is 1. The lowest BCUT2D eigenvalue weighted by Crippen LogP contribution is -2.36. The van der Waals surface area contributed by atoms with Crippen molar-refractivity contribution >= 4 is 46.4 Å². The molecule has 0 bridgehead atoms. The van der Waals surface area contributed by atoms with Crippen LogP contribution in [0.4, 0.5) is 0 Å². The van der Waals surface area contributed by atoms with E-state index in [0.717, 1.165) is 47.6 Å². The molecule has 0 unspecified atom stereocenters. The van der Waals surface area contributed by atoms with E-state index in [1.165, 1.54) is 21.8 Å². The maximum absolute atomic E-state index is 12.4. The Kier molecular flexibility index (Phi) is 13.0. The minimum atomic E-state index is -0.467. The first-order chi connectivity index (χ1) is 18.7. The van der Waals surface area contributed by atoms with Crippen molar-refractivity contribution in [3.8, 4) is 0 Å². The summed E-state index contributed by atoms with van der Waals surface area (Å²) in [7, 11) is 0. The van der Waals surface area contributed by atoms with Crippen LogP contribution in [0.3, 0.4) is 0 Å². The zero-order valence-corrected chi connectivity index (χ0v) is 24.7. The number of aryl methyl sites for hydroxylation is 3. The number of carbonyl (C=O) groups excluding carboxylic acids is 2. The molecule has 1 amide bonds. The highest BCUT2D eigenvalue weighted by molar-refractivity contribution is 7.13. The van der Waals surface area contributed by atoms with Crippen LogP contribution >= 0.6 is 34.5 Å². The summed E-state index contributed by atoms with van der Waals surface area (Å²) in [5, 5.41) is 29.4. The molecule has 3 rings (SSSR count). The molecule has 3 N–H and O–H groups in total. The van der Waals surface area contributed by atoms with Crippen molar-refractivity contribution in [3.05, 3.63) is 56.2 Å². The van der Waals surface area contributed by atoms with Crippen LogP contribution in [0.5, 0.6) is 0 Å². The smallest absolute Gasteiger partial charge is 0.348 e. The van der Waals surface area contributed by atoms with Gasteiger partial charge in [-0.15, -0.1) is 22.9 Å². The Bertz CT molecular complexity index is 1050. The van der Waals surface area contributed by atoms with Gasteiger partial charge in [0.2, 0.25) is 5.91 Å². The lowest BCUT2D eigenvalue weighted by molar-refractivity contribution is -0.132. The van der Waals surface area contributed by atoms with E-state index in [1.54, 1.807) is 6.07 Å². The SMILES string of the molecule is Cc1cc(Cl)cc(CC[C@@H]2[C@@H](CCCc3ccc(C(=O)OCCC(=O)N(CCO)CCO)s3)[C@H](Cl)C[C@H]2O)c1. The van der Waals surface area contributed by atoms with E-state index >= 15 is 0 Å². The first-order valence-corrected chi connectivity index (χ1v) is 15.2. The summed E-state index contributed by atoms with van der Waals surface area (Å²) in [6.45, 7) is 1.85. The van der Waals surface area contributed by atoms with Gasteiger partial charge in [-0.3, -0.25) is 4.79 Å². The van der Waals surface area contributed by atoms with Gasteiger partial charge in [-0.25, -0.2) is 4.79 Å². The fraction of sp³-hybridized carbons (Fsp3) is 0.586. The molecule has 1 aliphatic rings. The summed E-state index contributed by atoms with van der Waals surface area (Å²) in [5.74, 6) is -0.367. The molecule has 1 aliphatic carbocycles. The van der Waals surface area contributed by atoms with Crippen molar-refractivity contribution in [1.29, 1.82) is 0 Å². The van der Waals surface area contributed by atoms with E-state index < -0.39 is 12.1 Å². The molecule has 1 fully saturated rings. The number of aliphatic hydroxyl groups is 3. The highest BCUT2D eigenvalue weighted by atomic mass is 35.5. The minimum Gasteiger partial charge on any atom is -0.461 e. The summed E-state index contributed by atoms with van der Waals surface area (Å²) in [5.41, 5.74) is 2.31. The van der Waals surface area contributed by atoms with Crippen LogP contribution in [0.1, 0.15) is 57.8 Å². The number of esters is 1. The molecular weight excluding hydrogens is 561 g/mol. The van der Waals surface area contributed by atoms with E-state index in [2.05, 4.69) is 6.07 Å². The monoisotopic (exact) mass is 599 g/mol. The Morgan fingerprint density at radius 3 is 2.51 bits per heavy atom. The molecule has 1 aromatic heterocycles. The Morgan fingerprint density at radius 2 is 1.82 bits per heavy atom. The number of amides is 1. The number of nitrogens with zero attached hydrogens (tertiary/aromatic N) is 1. The standard InChI is InChI=1S/C29H39Cl2NO6S/c1-19-15-20(17-21(30)16-19)5-7-24-23(25(31)18-26(24)35)4-2-3-22-6-8-27(39-22)29(37)38-14-9-28(36)32(10-12-33)11-13-34/h6,8,15-17,23-26,33-35H,2-5,7,9-14,18H2,1H3/t23-,24-,25-,26-/m1/s1. The average Bonchev–Trinajstić information content (AvgIpc) is 3.46. The Hall–Kier alpha value is -1.68. The number of rotatable bonds is 15. The largest absolute Gasteiger partial charge is 0.461 e. The van der Waals surface area contributed by atoms with Gasteiger partial charge < -0.3 is 25.0 Å². The number of carbonyl (C=O) groups is 2.